The zero-order valence-electron chi connectivity index (χ0n) is 13.3. The summed E-state index contributed by atoms with van der Waals surface area (Å²) < 4.78 is 0. The Morgan fingerprint density at radius 3 is 2.14 bits per heavy atom. The standard InChI is InChI=1S/C20H25NO/c1-14-2-4-15(5-3-14)6-7-19(22)21-20-11-16-8-17(12-20)10-18(9-16)13-20/h2-7,16-18H,8-13H2,1H3,(H,21,22). The van der Waals surface area contributed by atoms with Crippen LogP contribution in [0.2, 0.25) is 0 Å². The van der Waals surface area contributed by atoms with Crippen LogP contribution in [-0.2, 0) is 4.79 Å². The number of carbonyl (C=O) groups excluding carboxylic acids is 1. The number of carbonyl (C=O) groups is 1. The maximum Gasteiger partial charge on any atom is 0.244 e. The molecule has 1 aromatic carbocycles. The molecule has 4 aliphatic rings. The molecule has 4 fully saturated rings. The van der Waals surface area contributed by atoms with Gasteiger partial charge in [-0.1, -0.05) is 29.8 Å². The molecule has 2 heteroatoms. The first-order valence-electron chi connectivity index (χ1n) is 8.67. The molecule has 0 radical (unpaired) electrons. The first-order valence-corrected chi connectivity index (χ1v) is 8.67. The molecule has 4 saturated carbocycles. The molecule has 116 valence electrons. The van der Waals surface area contributed by atoms with Crippen molar-refractivity contribution in [2.75, 3.05) is 0 Å². The Labute approximate surface area is 133 Å². The van der Waals surface area contributed by atoms with Gasteiger partial charge in [-0.15, -0.1) is 0 Å². The van der Waals surface area contributed by atoms with E-state index in [1.54, 1.807) is 6.08 Å². The lowest BCUT2D eigenvalue weighted by atomic mass is 9.53. The highest BCUT2D eigenvalue weighted by molar-refractivity contribution is 5.92. The normalized spacial score (nSPS) is 36.0. The van der Waals surface area contributed by atoms with Gasteiger partial charge >= 0.3 is 0 Å². The summed E-state index contributed by atoms with van der Waals surface area (Å²) in [6.07, 6.45) is 11.5. The van der Waals surface area contributed by atoms with E-state index in [4.69, 9.17) is 0 Å². The van der Waals surface area contributed by atoms with Crippen LogP contribution in [-0.4, -0.2) is 11.4 Å². The van der Waals surface area contributed by atoms with E-state index in [2.05, 4.69) is 36.5 Å². The van der Waals surface area contributed by atoms with E-state index >= 15 is 0 Å². The van der Waals surface area contributed by atoms with Crippen molar-refractivity contribution in [2.24, 2.45) is 17.8 Å². The molecular weight excluding hydrogens is 270 g/mol. The number of benzene rings is 1. The molecule has 0 aromatic heterocycles. The van der Waals surface area contributed by atoms with Gasteiger partial charge in [0.25, 0.3) is 0 Å². The van der Waals surface area contributed by atoms with Crippen molar-refractivity contribution >= 4 is 12.0 Å². The fourth-order valence-corrected chi connectivity index (χ4v) is 5.42. The average molecular weight is 295 g/mol. The van der Waals surface area contributed by atoms with Crippen molar-refractivity contribution in [1.29, 1.82) is 0 Å². The second kappa shape index (κ2) is 5.26. The van der Waals surface area contributed by atoms with Gasteiger partial charge in [0.15, 0.2) is 0 Å². The lowest BCUT2D eigenvalue weighted by Crippen LogP contribution is -2.59. The van der Waals surface area contributed by atoms with Crippen LogP contribution in [0.25, 0.3) is 6.08 Å². The fourth-order valence-electron chi connectivity index (χ4n) is 5.42. The Hall–Kier alpha value is -1.57. The number of hydrogen-bond donors (Lipinski definition) is 1. The summed E-state index contributed by atoms with van der Waals surface area (Å²) in [4.78, 5) is 12.4. The van der Waals surface area contributed by atoms with Gasteiger partial charge in [0.05, 0.1) is 0 Å². The molecule has 5 rings (SSSR count). The van der Waals surface area contributed by atoms with Crippen LogP contribution in [0, 0.1) is 24.7 Å². The zero-order chi connectivity index (χ0) is 15.2. The molecule has 1 N–H and O–H groups in total. The molecule has 1 aromatic rings. The average Bonchev–Trinajstić information content (AvgIpc) is 2.44. The summed E-state index contributed by atoms with van der Waals surface area (Å²) in [5, 5.41) is 3.38. The SMILES string of the molecule is Cc1ccc(C=CC(=O)NC23CC4CC(CC(C4)C2)C3)cc1. The van der Waals surface area contributed by atoms with Crippen LogP contribution < -0.4 is 5.32 Å². The Kier molecular flexibility index (Phi) is 3.36. The third-order valence-electron chi connectivity index (χ3n) is 5.93. The van der Waals surface area contributed by atoms with Gasteiger partial charge in [-0.3, -0.25) is 4.79 Å². The van der Waals surface area contributed by atoms with Crippen molar-refractivity contribution in [1.82, 2.24) is 5.32 Å². The summed E-state index contributed by atoms with van der Waals surface area (Å²) in [7, 11) is 0. The molecule has 1 amide bonds. The van der Waals surface area contributed by atoms with Gasteiger partial charge in [-0.05, 0) is 74.8 Å². The Morgan fingerprint density at radius 1 is 1.05 bits per heavy atom. The van der Waals surface area contributed by atoms with E-state index in [-0.39, 0.29) is 11.4 Å². The number of nitrogens with one attached hydrogen (secondary N) is 1. The fraction of sp³-hybridized carbons (Fsp3) is 0.550. The highest BCUT2D eigenvalue weighted by Gasteiger charge is 2.51. The third kappa shape index (κ3) is 2.71. The molecule has 4 aliphatic carbocycles. The molecule has 0 saturated heterocycles. The van der Waals surface area contributed by atoms with E-state index < -0.39 is 0 Å². The highest BCUT2D eigenvalue weighted by Crippen LogP contribution is 2.55. The summed E-state index contributed by atoms with van der Waals surface area (Å²) >= 11 is 0. The first kappa shape index (κ1) is 14.0. The molecular formula is C20H25NO. The third-order valence-corrected chi connectivity index (χ3v) is 5.93. The van der Waals surface area contributed by atoms with Gasteiger partial charge in [0.1, 0.15) is 0 Å². The Bertz CT molecular complexity index is 563. The van der Waals surface area contributed by atoms with Crippen molar-refractivity contribution in [2.45, 2.75) is 51.0 Å². The smallest absolute Gasteiger partial charge is 0.244 e. The maximum atomic E-state index is 12.4. The van der Waals surface area contributed by atoms with Crippen LogP contribution in [0.5, 0.6) is 0 Å². The molecule has 0 spiro atoms. The summed E-state index contributed by atoms with van der Waals surface area (Å²) in [5.74, 6) is 2.69. The van der Waals surface area contributed by atoms with Gasteiger partial charge in [-0.2, -0.15) is 0 Å². The largest absolute Gasteiger partial charge is 0.347 e. The van der Waals surface area contributed by atoms with Crippen molar-refractivity contribution in [3.05, 3.63) is 41.5 Å². The first-order chi connectivity index (χ1) is 10.6. The van der Waals surface area contributed by atoms with E-state index in [1.807, 2.05) is 6.08 Å². The van der Waals surface area contributed by atoms with Crippen LogP contribution in [0.3, 0.4) is 0 Å². The number of hydrogen-bond acceptors (Lipinski definition) is 1. The van der Waals surface area contributed by atoms with Gasteiger partial charge in [0, 0.05) is 11.6 Å². The van der Waals surface area contributed by atoms with Crippen LogP contribution in [0.4, 0.5) is 0 Å². The molecule has 0 heterocycles. The van der Waals surface area contributed by atoms with Gasteiger partial charge < -0.3 is 5.32 Å². The van der Waals surface area contributed by atoms with E-state index in [0.717, 1.165) is 23.3 Å². The van der Waals surface area contributed by atoms with Crippen molar-refractivity contribution < 1.29 is 4.79 Å². The molecule has 22 heavy (non-hydrogen) atoms. The lowest BCUT2D eigenvalue weighted by molar-refractivity contribution is -0.122. The highest BCUT2D eigenvalue weighted by atomic mass is 16.1. The van der Waals surface area contributed by atoms with E-state index in [9.17, 15) is 4.79 Å². The summed E-state index contributed by atoms with van der Waals surface area (Å²) in [5.41, 5.74) is 2.45. The number of aryl methyl sites for hydroxylation is 1. The maximum absolute atomic E-state index is 12.4. The Balaban J connectivity index is 1.42. The zero-order valence-corrected chi connectivity index (χ0v) is 13.3. The Morgan fingerprint density at radius 2 is 1.59 bits per heavy atom. The quantitative estimate of drug-likeness (QED) is 0.836. The minimum absolute atomic E-state index is 0.0857. The summed E-state index contributed by atoms with van der Waals surface area (Å²) in [6.45, 7) is 2.08. The topological polar surface area (TPSA) is 29.1 Å². The second-order valence-electron chi connectivity index (χ2n) is 7.93. The summed E-state index contributed by atoms with van der Waals surface area (Å²) in [6, 6.07) is 8.28. The molecule has 2 nitrogen and oxygen atoms in total. The van der Waals surface area contributed by atoms with Crippen LogP contribution in [0.15, 0.2) is 30.3 Å². The molecule has 0 atom stereocenters. The second-order valence-corrected chi connectivity index (χ2v) is 7.93. The van der Waals surface area contributed by atoms with E-state index in [0.29, 0.717) is 0 Å². The van der Waals surface area contributed by atoms with Crippen molar-refractivity contribution in [3.8, 4) is 0 Å². The van der Waals surface area contributed by atoms with Crippen molar-refractivity contribution in [3.63, 3.8) is 0 Å². The predicted molar refractivity (Wildman–Crippen MR) is 89.3 cm³/mol. The number of rotatable bonds is 3. The molecule has 0 aliphatic heterocycles. The number of amides is 1. The lowest BCUT2D eigenvalue weighted by Gasteiger charge is -2.56. The van der Waals surface area contributed by atoms with E-state index in [1.165, 1.54) is 44.1 Å². The van der Waals surface area contributed by atoms with Crippen LogP contribution >= 0.6 is 0 Å². The minimum Gasteiger partial charge on any atom is -0.347 e. The monoisotopic (exact) mass is 295 g/mol. The predicted octanol–water partition coefficient (Wildman–Crippen LogP) is 4.09. The van der Waals surface area contributed by atoms with Gasteiger partial charge in [-0.25, -0.2) is 0 Å². The van der Waals surface area contributed by atoms with Crippen LogP contribution in [0.1, 0.15) is 49.7 Å². The minimum atomic E-state index is 0.0857. The molecule has 0 unspecified atom stereocenters. The molecule has 4 bridgehead atoms. The van der Waals surface area contributed by atoms with Gasteiger partial charge in [0.2, 0.25) is 5.91 Å².